The summed E-state index contributed by atoms with van der Waals surface area (Å²) in [7, 11) is 2.57. The van der Waals surface area contributed by atoms with Crippen LogP contribution in [-0.2, 0) is 28.2 Å². The van der Waals surface area contributed by atoms with Crippen LogP contribution in [0.1, 0.15) is 13.8 Å². The van der Waals surface area contributed by atoms with Crippen molar-refractivity contribution in [1.29, 1.82) is 0 Å². The van der Waals surface area contributed by atoms with E-state index >= 15 is 0 Å². The van der Waals surface area contributed by atoms with Crippen LogP contribution < -0.4 is 21.2 Å². The van der Waals surface area contributed by atoms with E-state index in [1.165, 1.54) is 21.2 Å². The molecule has 0 aliphatic carbocycles. The van der Waals surface area contributed by atoms with Crippen molar-refractivity contribution in [2.75, 3.05) is 12.3 Å². The van der Waals surface area contributed by atoms with Gasteiger partial charge in [0, 0.05) is 0 Å². The number of halogens is 1. The first kappa shape index (κ1) is 31.2. The molecule has 0 N–H and O–H groups in total. The van der Waals surface area contributed by atoms with Crippen LogP contribution in [0.5, 0.6) is 0 Å². The monoisotopic (exact) mass is 745 g/mol. The van der Waals surface area contributed by atoms with Crippen LogP contribution in [0.4, 0.5) is 0 Å². The Morgan fingerprint density at radius 1 is 0.553 bits per heavy atom. The Hall–Kier alpha value is -1.36. The third-order valence-corrected chi connectivity index (χ3v) is 12.3. The van der Waals surface area contributed by atoms with Gasteiger partial charge in [-0.2, -0.15) is 0 Å². The van der Waals surface area contributed by atoms with Gasteiger partial charge in [0.2, 0.25) is 0 Å². The van der Waals surface area contributed by atoms with Crippen molar-refractivity contribution in [3.05, 3.63) is 129 Å². The van der Waals surface area contributed by atoms with Crippen molar-refractivity contribution in [2.45, 2.75) is 31.8 Å². The van der Waals surface area contributed by atoms with Crippen molar-refractivity contribution in [3.63, 3.8) is 0 Å². The Kier molecular flexibility index (Phi) is 12.7. The van der Waals surface area contributed by atoms with Gasteiger partial charge in [0.05, 0.1) is 49.4 Å². The molecule has 0 saturated carbocycles. The van der Waals surface area contributed by atoms with Crippen molar-refractivity contribution in [1.82, 2.24) is 0 Å². The second-order valence-corrected chi connectivity index (χ2v) is 14.6. The maximum atomic E-state index is 6.63. The van der Waals surface area contributed by atoms with Crippen molar-refractivity contribution >= 4 is 46.5 Å². The van der Waals surface area contributed by atoms with Crippen LogP contribution in [0.3, 0.4) is 0 Å². The number of benzene rings is 4. The second kappa shape index (κ2) is 15.4. The van der Waals surface area contributed by atoms with Gasteiger partial charge in [-0.15, -0.1) is 0 Å². The molecule has 0 aromatic heterocycles. The topological polar surface area (TPSA) is 18.5 Å². The van der Waals surface area contributed by atoms with Crippen LogP contribution in [0, 0.1) is 7.43 Å². The maximum absolute atomic E-state index is 6.63. The Morgan fingerprint density at radius 3 is 1.03 bits per heavy atom. The Morgan fingerprint density at radius 2 is 0.789 bits per heavy atom. The average Bonchev–Trinajstić information content (AvgIpc) is 3.26. The molecule has 1 saturated heterocycles. The summed E-state index contributed by atoms with van der Waals surface area (Å²) < 4.78 is 13.3. The summed E-state index contributed by atoms with van der Waals surface area (Å²) in [6.45, 7) is 4.13. The zero-order valence-electron chi connectivity index (χ0n) is 22.1. The molecule has 2 nitrogen and oxygen atoms in total. The number of ether oxygens (including phenoxy) is 2. The Bertz CT molecular complexity index is 1020. The number of hydrogen-bond donors (Lipinski definition) is 0. The summed E-state index contributed by atoms with van der Waals surface area (Å²) in [4.78, 5) is 0. The van der Waals surface area contributed by atoms with Gasteiger partial charge in [-0.25, -0.2) is 0 Å². The van der Waals surface area contributed by atoms with Gasteiger partial charge in [-0.3, -0.25) is 0 Å². The zero-order valence-corrected chi connectivity index (χ0v) is 27.2. The second-order valence-electron chi connectivity index (χ2n) is 9.54. The molecule has 4 aromatic rings. The molecule has 1 heterocycles. The Balaban J connectivity index is 0.00000130. The molecule has 0 bridgehead atoms. The predicted molar refractivity (Wildman–Crippen MR) is 167 cm³/mol. The molecule has 202 valence electrons. The van der Waals surface area contributed by atoms with Crippen LogP contribution in [0.15, 0.2) is 121 Å². The molecule has 38 heavy (non-hydrogen) atoms. The normalized spacial score (nSPS) is 18.0. The summed E-state index contributed by atoms with van der Waals surface area (Å²) in [6, 6.07) is 43.9. The van der Waals surface area contributed by atoms with E-state index in [4.69, 9.17) is 9.47 Å². The first-order valence-corrected chi connectivity index (χ1v) is 18.7. The molecule has 1 fully saturated rings. The van der Waals surface area contributed by atoms with E-state index < -0.39 is 21.6 Å². The molecule has 0 spiro atoms. The van der Waals surface area contributed by atoms with Gasteiger partial charge in [0.1, 0.15) is 12.2 Å². The molecule has 1 aliphatic heterocycles. The zero-order chi connectivity index (χ0) is 26.1. The van der Waals surface area contributed by atoms with Crippen molar-refractivity contribution < 1.29 is 28.2 Å². The summed E-state index contributed by atoms with van der Waals surface area (Å²) in [5.74, 6) is -0.573. The van der Waals surface area contributed by atoms with E-state index in [9.17, 15) is 0 Å². The molecular weight excluding hydrogens is 709 g/mol. The standard InChI is InChI=1S/C31H32O2P2.CH3.ClH.Pt/c1-31(2)32-29(23-34(25-15-7-3-8-16-25)26-17-9-4-10-18-26)30(33-31)24-35(27-19-11-5-12-20-27)28-21-13-6-14-22-28;;;/h3-22,29-30H,23-24H2,1-2H3;1H3;1H;/q;-1;;+2/p+1. The van der Waals surface area contributed by atoms with E-state index in [-0.39, 0.29) is 19.6 Å². The summed E-state index contributed by atoms with van der Waals surface area (Å²) in [5.41, 5.74) is 0. The molecule has 4 aromatic carbocycles. The number of hydrogen-bond acceptors (Lipinski definition) is 2. The minimum absolute atomic E-state index is 0. The SMILES string of the molecule is CC1(C)OC(C[PH+](c2ccccc2)c2ccccc2)C(C[PH+](c2ccccc2)c2ccccc2)O1.[CH3-].[Cl][Pt+]. The minimum atomic E-state index is -1.02. The first-order valence-electron chi connectivity index (χ1n) is 12.5. The molecule has 0 amide bonds. The first-order chi connectivity index (χ1) is 18.1. The van der Waals surface area contributed by atoms with Crippen LogP contribution in [-0.4, -0.2) is 30.3 Å². The van der Waals surface area contributed by atoms with Crippen LogP contribution >= 0.6 is 25.3 Å². The average molecular weight is 746 g/mol. The fourth-order valence-corrected chi connectivity index (χ4v) is 10.5. The van der Waals surface area contributed by atoms with E-state index in [2.05, 4.69) is 145 Å². The van der Waals surface area contributed by atoms with Crippen molar-refractivity contribution in [3.8, 4) is 0 Å². The van der Waals surface area contributed by atoms with E-state index in [0.717, 1.165) is 12.3 Å². The van der Waals surface area contributed by atoms with Crippen molar-refractivity contribution in [2.24, 2.45) is 0 Å². The third-order valence-electron chi connectivity index (χ3n) is 6.58. The summed E-state index contributed by atoms with van der Waals surface area (Å²) >= 11 is 1.61. The number of rotatable bonds is 8. The molecule has 2 unspecified atom stereocenters. The molecule has 6 heteroatoms. The summed E-state index contributed by atoms with van der Waals surface area (Å²) in [6.07, 6.45) is 2.11. The van der Waals surface area contributed by atoms with E-state index in [1.54, 1.807) is 18.8 Å². The van der Waals surface area contributed by atoms with E-state index in [0.29, 0.717) is 0 Å². The summed E-state index contributed by atoms with van der Waals surface area (Å²) in [5, 5.41) is 5.69. The van der Waals surface area contributed by atoms with E-state index in [1.807, 2.05) is 0 Å². The quantitative estimate of drug-likeness (QED) is 0.154. The van der Waals surface area contributed by atoms with Gasteiger partial charge in [0.15, 0.2) is 5.79 Å². The van der Waals surface area contributed by atoms with Gasteiger partial charge in [-0.05, 0) is 62.4 Å². The third kappa shape index (κ3) is 8.32. The molecule has 1 aliphatic rings. The Labute approximate surface area is 246 Å². The predicted octanol–water partition coefficient (Wildman–Crippen LogP) is 6.37. The van der Waals surface area contributed by atoms with Crippen LogP contribution in [0.25, 0.3) is 0 Å². The molecular formula is C32H37ClO2P2Pt+2. The fraction of sp³-hybridized carbons (Fsp3) is 0.219. The molecule has 0 radical (unpaired) electrons. The van der Waals surface area contributed by atoms with Gasteiger partial charge in [0.25, 0.3) is 0 Å². The molecule has 5 rings (SSSR count). The van der Waals surface area contributed by atoms with Gasteiger partial charge in [-0.1, -0.05) is 72.8 Å². The molecule has 2 atom stereocenters. The van der Waals surface area contributed by atoms with Gasteiger partial charge >= 0.3 is 28.2 Å². The fourth-order valence-electron chi connectivity index (χ4n) is 5.02. The van der Waals surface area contributed by atoms with Crippen LogP contribution in [0.2, 0.25) is 0 Å². The van der Waals surface area contributed by atoms with Gasteiger partial charge < -0.3 is 16.9 Å².